The van der Waals surface area contributed by atoms with Crippen LogP contribution in [0.3, 0.4) is 0 Å². The van der Waals surface area contributed by atoms with Gasteiger partial charge < -0.3 is 19.1 Å². The van der Waals surface area contributed by atoms with Crippen molar-refractivity contribution in [3.63, 3.8) is 0 Å². The Hall–Kier alpha value is -4.59. The number of benzene rings is 3. The summed E-state index contributed by atoms with van der Waals surface area (Å²) in [6.07, 6.45) is 1.15. The SMILES string of the molecule is COc1ccccc1N1CCN(C(=O)CCn2c3c(c4ccccc42)CCn2c-3nc3ccccc3c2=O)CC1. The Morgan fingerprint density at radius 1 is 0.875 bits per heavy atom. The highest BCUT2D eigenvalue weighted by molar-refractivity contribution is 5.92. The summed E-state index contributed by atoms with van der Waals surface area (Å²) in [5.41, 5.74) is 5.01. The van der Waals surface area contributed by atoms with Crippen LogP contribution in [0.1, 0.15) is 12.0 Å². The lowest BCUT2D eigenvalue weighted by atomic mass is 10.0. The summed E-state index contributed by atoms with van der Waals surface area (Å²) in [5.74, 6) is 1.69. The Morgan fingerprint density at radius 3 is 2.42 bits per heavy atom. The Kier molecular flexibility index (Phi) is 6.03. The number of piperazine rings is 1. The number of fused-ring (bicyclic) bond motifs is 6. The largest absolute Gasteiger partial charge is 0.495 e. The number of ether oxygens (including phenoxy) is 1. The second-order valence-corrected chi connectivity index (χ2v) is 10.4. The molecule has 1 fully saturated rings. The number of amides is 1. The van der Waals surface area contributed by atoms with Crippen molar-refractivity contribution in [2.24, 2.45) is 0 Å². The van der Waals surface area contributed by atoms with E-state index in [2.05, 4.69) is 33.7 Å². The van der Waals surface area contributed by atoms with Crippen molar-refractivity contribution in [2.45, 2.75) is 25.9 Å². The van der Waals surface area contributed by atoms with Gasteiger partial charge in [0.25, 0.3) is 5.56 Å². The van der Waals surface area contributed by atoms with Gasteiger partial charge in [-0.1, -0.05) is 42.5 Å². The number of carbonyl (C=O) groups excluding carboxylic acids is 1. The Balaban J connectivity index is 1.17. The Labute approximate surface area is 232 Å². The molecular weight excluding hydrogens is 502 g/mol. The Bertz CT molecular complexity index is 1810. The molecule has 2 aliphatic heterocycles. The second-order valence-electron chi connectivity index (χ2n) is 10.4. The van der Waals surface area contributed by atoms with Crippen LogP contribution in [0.5, 0.6) is 5.75 Å². The molecule has 2 aliphatic rings. The maximum atomic E-state index is 13.4. The fourth-order valence-corrected chi connectivity index (χ4v) is 6.35. The van der Waals surface area contributed by atoms with E-state index in [1.807, 2.05) is 53.4 Å². The molecular formula is C32H31N5O3. The molecule has 7 rings (SSSR count). The molecule has 1 amide bonds. The molecule has 0 unspecified atom stereocenters. The van der Waals surface area contributed by atoms with Crippen molar-refractivity contribution in [3.8, 4) is 17.3 Å². The van der Waals surface area contributed by atoms with Gasteiger partial charge in [-0.15, -0.1) is 0 Å². The predicted molar refractivity (Wildman–Crippen MR) is 157 cm³/mol. The molecule has 5 aromatic rings. The summed E-state index contributed by atoms with van der Waals surface area (Å²) >= 11 is 0. The van der Waals surface area contributed by atoms with E-state index in [-0.39, 0.29) is 11.5 Å². The molecule has 0 saturated carbocycles. The van der Waals surface area contributed by atoms with E-state index in [9.17, 15) is 9.59 Å². The van der Waals surface area contributed by atoms with E-state index in [0.717, 1.165) is 42.2 Å². The lowest BCUT2D eigenvalue weighted by Crippen LogP contribution is -2.49. The first-order valence-corrected chi connectivity index (χ1v) is 13.9. The smallest absolute Gasteiger partial charge is 0.261 e. The first-order chi connectivity index (χ1) is 19.6. The highest BCUT2D eigenvalue weighted by Gasteiger charge is 2.28. The van der Waals surface area contributed by atoms with Gasteiger partial charge in [-0.3, -0.25) is 14.2 Å². The summed E-state index contributed by atoms with van der Waals surface area (Å²) in [6, 6.07) is 23.9. The molecule has 0 bridgehead atoms. The maximum Gasteiger partial charge on any atom is 0.261 e. The molecule has 8 heteroatoms. The number of para-hydroxylation sites is 4. The van der Waals surface area contributed by atoms with Crippen molar-refractivity contribution in [3.05, 3.63) is 88.7 Å². The summed E-state index contributed by atoms with van der Waals surface area (Å²) in [6.45, 7) is 4.01. The van der Waals surface area contributed by atoms with Crippen LogP contribution in [0.4, 0.5) is 5.69 Å². The highest BCUT2D eigenvalue weighted by Crippen LogP contribution is 2.37. The van der Waals surface area contributed by atoms with E-state index in [1.54, 1.807) is 11.7 Å². The van der Waals surface area contributed by atoms with Crippen LogP contribution in [0.15, 0.2) is 77.6 Å². The van der Waals surface area contributed by atoms with Crippen LogP contribution in [0, 0.1) is 0 Å². The molecule has 202 valence electrons. The van der Waals surface area contributed by atoms with Crippen molar-refractivity contribution < 1.29 is 9.53 Å². The number of nitrogens with zero attached hydrogens (tertiary/aromatic N) is 5. The topological polar surface area (TPSA) is 72.6 Å². The maximum absolute atomic E-state index is 13.4. The molecule has 4 heterocycles. The van der Waals surface area contributed by atoms with Gasteiger partial charge in [0, 0.05) is 56.6 Å². The normalized spacial score (nSPS) is 14.8. The molecule has 40 heavy (non-hydrogen) atoms. The number of methoxy groups -OCH3 is 1. The lowest BCUT2D eigenvalue weighted by Gasteiger charge is -2.36. The van der Waals surface area contributed by atoms with Crippen LogP contribution < -0.4 is 15.2 Å². The van der Waals surface area contributed by atoms with Crippen LogP contribution in [-0.4, -0.2) is 58.2 Å². The van der Waals surface area contributed by atoms with Gasteiger partial charge in [0.05, 0.1) is 29.4 Å². The molecule has 2 aromatic heterocycles. The average Bonchev–Trinajstić information content (AvgIpc) is 3.34. The minimum atomic E-state index is -0.00736. The minimum Gasteiger partial charge on any atom is -0.495 e. The predicted octanol–water partition coefficient (Wildman–Crippen LogP) is 4.32. The van der Waals surface area contributed by atoms with E-state index >= 15 is 0 Å². The molecule has 1 saturated heterocycles. The highest BCUT2D eigenvalue weighted by atomic mass is 16.5. The molecule has 8 nitrogen and oxygen atoms in total. The molecule has 0 N–H and O–H groups in total. The molecule has 0 aliphatic carbocycles. The van der Waals surface area contributed by atoms with Crippen molar-refractivity contribution in [1.82, 2.24) is 19.0 Å². The summed E-state index contributed by atoms with van der Waals surface area (Å²) in [7, 11) is 1.69. The van der Waals surface area contributed by atoms with E-state index in [1.165, 1.54) is 10.9 Å². The van der Waals surface area contributed by atoms with Crippen LogP contribution in [-0.2, 0) is 24.3 Å². The quantitative estimate of drug-likeness (QED) is 0.337. The number of hydrogen-bond donors (Lipinski definition) is 0. The molecule has 0 spiro atoms. The zero-order valence-corrected chi connectivity index (χ0v) is 22.5. The number of rotatable bonds is 5. The van der Waals surface area contributed by atoms with Crippen LogP contribution in [0.2, 0.25) is 0 Å². The third-order valence-electron chi connectivity index (χ3n) is 8.34. The zero-order chi connectivity index (χ0) is 27.2. The minimum absolute atomic E-state index is 0.00736. The van der Waals surface area contributed by atoms with Gasteiger partial charge >= 0.3 is 0 Å². The lowest BCUT2D eigenvalue weighted by molar-refractivity contribution is -0.131. The van der Waals surface area contributed by atoms with Crippen molar-refractivity contribution in [1.29, 1.82) is 0 Å². The van der Waals surface area contributed by atoms with Gasteiger partial charge in [-0.05, 0) is 42.3 Å². The van der Waals surface area contributed by atoms with Gasteiger partial charge in [-0.2, -0.15) is 0 Å². The average molecular weight is 534 g/mol. The van der Waals surface area contributed by atoms with Crippen molar-refractivity contribution in [2.75, 3.05) is 38.2 Å². The van der Waals surface area contributed by atoms with Crippen LogP contribution >= 0.6 is 0 Å². The first-order valence-electron chi connectivity index (χ1n) is 13.9. The number of aromatic nitrogens is 3. The molecule has 0 atom stereocenters. The number of hydrogen-bond acceptors (Lipinski definition) is 5. The van der Waals surface area contributed by atoms with E-state index < -0.39 is 0 Å². The fourth-order valence-electron chi connectivity index (χ4n) is 6.35. The summed E-state index contributed by atoms with van der Waals surface area (Å²) in [4.78, 5) is 36.0. The Morgan fingerprint density at radius 2 is 1.60 bits per heavy atom. The van der Waals surface area contributed by atoms with E-state index in [0.29, 0.717) is 49.3 Å². The standard InChI is InChI=1S/C32H31N5O3/c1-40-28-13-7-6-12-27(28)34-18-20-35(21-19-34)29(38)15-17-36-26-11-5-3-8-22(26)23-14-16-37-31(30(23)36)33-25-10-4-2-9-24(25)32(37)39/h2-13H,14-21H2,1H3. The van der Waals surface area contributed by atoms with Crippen LogP contribution in [0.25, 0.3) is 33.3 Å². The second kappa shape index (κ2) is 9.86. The molecule has 0 radical (unpaired) electrons. The fraction of sp³-hybridized carbons (Fsp3) is 0.281. The number of anilines is 1. The van der Waals surface area contributed by atoms with Gasteiger partial charge in [0.2, 0.25) is 5.91 Å². The zero-order valence-electron chi connectivity index (χ0n) is 22.5. The van der Waals surface area contributed by atoms with E-state index in [4.69, 9.17) is 9.72 Å². The summed E-state index contributed by atoms with van der Waals surface area (Å²) < 4.78 is 9.55. The number of aryl methyl sites for hydroxylation is 2. The first kappa shape index (κ1) is 24.5. The van der Waals surface area contributed by atoms with Gasteiger partial charge in [-0.25, -0.2) is 4.98 Å². The van der Waals surface area contributed by atoms with Gasteiger partial charge in [0.1, 0.15) is 5.75 Å². The summed E-state index contributed by atoms with van der Waals surface area (Å²) in [5, 5.41) is 1.81. The molecule has 3 aromatic carbocycles. The number of carbonyl (C=O) groups is 1. The van der Waals surface area contributed by atoms with Crippen molar-refractivity contribution >= 4 is 33.4 Å². The van der Waals surface area contributed by atoms with Gasteiger partial charge in [0.15, 0.2) is 5.82 Å². The monoisotopic (exact) mass is 533 g/mol. The third-order valence-corrected chi connectivity index (χ3v) is 8.34. The third kappa shape index (κ3) is 3.94.